The SMILES string of the molecule is CNC(Cc1csc(C)n1)Cc1ncnn1C(C)C. The van der Waals surface area contributed by atoms with Gasteiger partial charge in [-0.3, -0.25) is 0 Å². The molecule has 5 nitrogen and oxygen atoms in total. The Hall–Kier alpha value is -1.27. The quantitative estimate of drug-likeness (QED) is 0.878. The molecule has 2 aromatic rings. The van der Waals surface area contributed by atoms with E-state index in [-0.39, 0.29) is 0 Å². The average Bonchev–Trinajstić information content (AvgIpc) is 2.97. The Bertz CT molecular complexity index is 517. The van der Waals surface area contributed by atoms with Crippen LogP contribution in [-0.4, -0.2) is 32.8 Å². The molecule has 0 aliphatic carbocycles. The smallest absolute Gasteiger partial charge is 0.138 e. The molecular weight excluding hydrogens is 258 g/mol. The molecule has 104 valence electrons. The van der Waals surface area contributed by atoms with Crippen molar-refractivity contribution in [3.63, 3.8) is 0 Å². The number of nitrogens with one attached hydrogen (secondary N) is 1. The molecule has 1 atom stereocenters. The number of aryl methyl sites for hydroxylation is 1. The third-order valence-electron chi connectivity index (χ3n) is 3.10. The van der Waals surface area contributed by atoms with Crippen LogP contribution in [0, 0.1) is 6.92 Å². The van der Waals surface area contributed by atoms with Crippen molar-refractivity contribution in [1.82, 2.24) is 25.1 Å². The summed E-state index contributed by atoms with van der Waals surface area (Å²) < 4.78 is 1.98. The first kappa shape index (κ1) is 14.1. The first-order chi connectivity index (χ1) is 9.10. The molecule has 0 aliphatic heterocycles. The van der Waals surface area contributed by atoms with Crippen molar-refractivity contribution in [2.45, 2.75) is 45.7 Å². The highest BCUT2D eigenvalue weighted by molar-refractivity contribution is 7.09. The average molecular weight is 279 g/mol. The zero-order valence-electron chi connectivity index (χ0n) is 11.9. The van der Waals surface area contributed by atoms with E-state index in [1.54, 1.807) is 17.7 Å². The summed E-state index contributed by atoms with van der Waals surface area (Å²) in [4.78, 5) is 8.89. The molecule has 6 heteroatoms. The molecule has 0 aromatic carbocycles. The fraction of sp³-hybridized carbons (Fsp3) is 0.615. The Morgan fingerprint density at radius 3 is 2.74 bits per heavy atom. The van der Waals surface area contributed by atoms with E-state index in [0.717, 1.165) is 29.4 Å². The predicted molar refractivity (Wildman–Crippen MR) is 77.5 cm³/mol. The summed E-state index contributed by atoms with van der Waals surface area (Å²) in [6.07, 6.45) is 3.42. The van der Waals surface area contributed by atoms with Crippen molar-refractivity contribution in [3.8, 4) is 0 Å². The number of hydrogen-bond donors (Lipinski definition) is 1. The van der Waals surface area contributed by atoms with Gasteiger partial charge in [0.05, 0.1) is 10.7 Å². The van der Waals surface area contributed by atoms with Crippen LogP contribution in [0.4, 0.5) is 0 Å². The van der Waals surface area contributed by atoms with Gasteiger partial charge in [0.15, 0.2) is 0 Å². The highest BCUT2D eigenvalue weighted by Gasteiger charge is 2.15. The van der Waals surface area contributed by atoms with Crippen molar-refractivity contribution in [2.75, 3.05) is 7.05 Å². The highest BCUT2D eigenvalue weighted by atomic mass is 32.1. The Morgan fingerprint density at radius 2 is 2.16 bits per heavy atom. The number of aromatic nitrogens is 4. The summed E-state index contributed by atoms with van der Waals surface area (Å²) in [5.41, 5.74) is 1.15. The molecule has 0 aliphatic rings. The van der Waals surface area contributed by atoms with Crippen LogP contribution in [0.1, 0.15) is 36.4 Å². The monoisotopic (exact) mass is 279 g/mol. The van der Waals surface area contributed by atoms with E-state index < -0.39 is 0 Å². The van der Waals surface area contributed by atoms with Crippen LogP contribution in [0.25, 0.3) is 0 Å². The molecule has 0 saturated carbocycles. The van der Waals surface area contributed by atoms with Crippen molar-refractivity contribution >= 4 is 11.3 Å². The van der Waals surface area contributed by atoms with Gasteiger partial charge >= 0.3 is 0 Å². The molecule has 0 saturated heterocycles. The lowest BCUT2D eigenvalue weighted by Crippen LogP contribution is -2.31. The predicted octanol–water partition coefficient (Wildman–Crippen LogP) is 2.00. The summed E-state index contributed by atoms with van der Waals surface area (Å²) in [6, 6.07) is 0.680. The lowest BCUT2D eigenvalue weighted by molar-refractivity contribution is 0.468. The standard InChI is InChI=1S/C13H21N5S/c1-9(2)18-13(15-8-16-18)6-11(14-4)5-12-7-19-10(3)17-12/h7-9,11,14H,5-6H2,1-4H3. The normalized spacial score (nSPS) is 13.1. The Balaban J connectivity index is 2.04. The molecule has 0 radical (unpaired) electrons. The van der Waals surface area contributed by atoms with Gasteiger partial charge in [-0.2, -0.15) is 5.10 Å². The topological polar surface area (TPSA) is 55.6 Å². The molecule has 0 bridgehead atoms. The fourth-order valence-corrected chi connectivity index (χ4v) is 2.73. The number of hydrogen-bond acceptors (Lipinski definition) is 5. The Labute approximate surface area is 118 Å². The van der Waals surface area contributed by atoms with Crippen LogP contribution in [0.15, 0.2) is 11.7 Å². The van der Waals surface area contributed by atoms with Crippen LogP contribution in [0.5, 0.6) is 0 Å². The van der Waals surface area contributed by atoms with Gasteiger partial charge in [-0.25, -0.2) is 14.6 Å². The molecule has 1 unspecified atom stereocenters. The zero-order chi connectivity index (χ0) is 13.8. The van der Waals surface area contributed by atoms with Crippen LogP contribution in [-0.2, 0) is 12.8 Å². The fourth-order valence-electron chi connectivity index (χ4n) is 2.10. The lowest BCUT2D eigenvalue weighted by Gasteiger charge is -2.16. The second kappa shape index (κ2) is 6.25. The molecule has 2 rings (SSSR count). The van der Waals surface area contributed by atoms with E-state index in [1.165, 1.54) is 0 Å². The van der Waals surface area contributed by atoms with Crippen LogP contribution < -0.4 is 5.32 Å². The zero-order valence-corrected chi connectivity index (χ0v) is 12.7. The van der Waals surface area contributed by atoms with Gasteiger partial charge < -0.3 is 5.32 Å². The Kier molecular flexibility index (Phi) is 4.66. The molecule has 2 heterocycles. The largest absolute Gasteiger partial charge is 0.316 e. The summed E-state index contributed by atoms with van der Waals surface area (Å²) >= 11 is 1.70. The minimum absolute atomic E-state index is 0.336. The van der Waals surface area contributed by atoms with Crippen molar-refractivity contribution < 1.29 is 0 Å². The van der Waals surface area contributed by atoms with Gasteiger partial charge in [0.1, 0.15) is 12.2 Å². The van der Waals surface area contributed by atoms with Crippen LogP contribution >= 0.6 is 11.3 Å². The van der Waals surface area contributed by atoms with E-state index in [4.69, 9.17) is 0 Å². The van der Waals surface area contributed by atoms with Gasteiger partial charge in [-0.15, -0.1) is 11.3 Å². The molecule has 0 amide bonds. The molecular formula is C13H21N5S. The summed E-state index contributed by atoms with van der Waals surface area (Å²) in [6.45, 7) is 6.28. The summed E-state index contributed by atoms with van der Waals surface area (Å²) in [5.74, 6) is 1.03. The van der Waals surface area contributed by atoms with E-state index in [0.29, 0.717) is 12.1 Å². The number of thiazole rings is 1. The minimum Gasteiger partial charge on any atom is -0.316 e. The van der Waals surface area contributed by atoms with E-state index >= 15 is 0 Å². The number of likely N-dealkylation sites (N-methyl/N-ethyl adjacent to an activating group) is 1. The summed E-state index contributed by atoms with van der Waals surface area (Å²) in [7, 11) is 1.99. The lowest BCUT2D eigenvalue weighted by atomic mass is 10.1. The van der Waals surface area contributed by atoms with E-state index in [1.807, 2.05) is 18.7 Å². The third kappa shape index (κ3) is 3.61. The van der Waals surface area contributed by atoms with Gasteiger partial charge in [-0.05, 0) is 27.8 Å². The van der Waals surface area contributed by atoms with Gasteiger partial charge in [-0.1, -0.05) is 0 Å². The van der Waals surface area contributed by atoms with Crippen molar-refractivity contribution in [2.24, 2.45) is 0 Å². The van der Waals surface area contributed by atoms with Gasteiger partial charge in [0.25, 0.3) is 0 Å². The van der Waals surface area contributed by atoms with Crippen molar-refractivity contribution in [3.05, 3.63) is 28.2 Å². The maximum absolute atomic E-state index is 4.52. The van der Waals surface area contributed by atoms with E-state index in [2.05, 4.69) is 39.6 Å². The second-order valence-electron chi connectivity index (χ2n) is 4.97. The Morgan fingerprint density at radius 1 is 1.37 bits per heavy atom. The maximum atomic E-state index is 4.52. The second-order valence-corrected chi connectivity index (χ2v) is 6.03. The minimum atomic E-state index is 0.336. The third-order valence-corrected chi connectivity index (χ3v) is 3.92. The molecule has 19 heavy (non-hydrogen) atoms. The molecule has 0 spiro atoms. The van der Waals surface area contributed by atoms with Crippen LogP contribution in [0.3, 0.4) is 0 Å². The van der Waals surface area contributed by atoms with E-state index in [9.17, 15) is 0 Å². The molecule has 1 N–H and O–H groups in total. The first-order valence-corrected chi connectivity index (χ1v) is 7.44. The molecule has 0 fully saturated rings. The highest BCUT2D eigenvalue weighted by Crippen LogP contribution is 2.13. The molecule has 2 aromatic heterocycles. The van der Waals surface area contributed by atoms with Gasteiger partial charge in [0, 0.05) is 30.3 Å². The number of nitrogens with zero attached hydrogens (tertiary/aromatic N) is 4. The van der Waals surface area contributed by atoms with Crippen molar-refractivity contribution in [1.29, 1.82) is 0 Å². The van der Waals surface area contributed by atoms with Crippen LogP contribution in [0.2, 0.25) is 0 Å². The van der Waals surface area contributed by atoms with Gasteiger partial charge in [0.2, 0.25) is 0 Å². The number of rotatable bonds is 6. The maximum Gasteiger partial charge on any atom is 0.138 e. The first-order valence-electron chi connectivity index (χ1n) is 6.56. The summed E-state index contributed by atoms with van der Waals surface area (Å²) in [5, 5.41) is 10.9.